The number of benzene rings is 2. The molecule has 10 heteroatoms. The molecule has 0 fully saturated rings. The van der Waals surface area contributed by atoms with Crippen molar-refractivity contribution in [1.82, 2.24) is 4.98 Å². The Balaban J connectivity index is 1.65. The molecule has 0 bridgehead atoms. The number of thiazole rings is 1. The van der Waals surface area contributed by atoms with Crippen LogP contribution in [-0.4, -0.2) is 37.3 Å². The highest BCUT2D eigenvalue weighted by Crippen LogP contribution is 2.26. The molecule has 1 heterocycles. The van der Waals surface area contributed by atoms with E-state index in [0.717, 1.165) is 41.0 Å². The fourth-order valence-electron chi connectivity index (χ4n) is 3.58. The maximum absolute atomic E-state index is 12.0. The summed E-state index contributed by atoms with van der Waals surface area (Å²) >= 11 is 1.46. The highest BCUT2D eigenvalue weighted by atomic mass is 32.2. The number of nitrogens with zero attached hydrogens (tertiary/aromatic N) is 1. The summed E-state index contributed by atoms with van der Waals surface area (Å²) in [4.78, 5) is 29.6. The van der Waals surface area contributed by atoms with Gasteiger partial charge >= 0.3 is 6.09 Å². The summed E-state index contributed by atoms with van der Waals surface area (Å²) in [5.41, 5.74) is 3.14. The fraction of sp³-hybridized carbons (Fsp3) is 0.370. The largest absolute Gasteiger partial charge is 0.444 e. The Kier molecular flexibility index (Phi) is 9.09. The van der Waals surface area contributed by atoms with Gasteiger partial charge in [0.1, 0.15) is 5.60 Å². The lowest BCUT2D eigenvalue weighted by Gasteiger charge is -2.19. The molecule has 37 heavy (non-hydrogen) atoms. The lowest BCUT2D eigenvalue weighted by atomic mass is 10.0. The number of hydrogen-bond donors (Lipinski definition) is 2. The first-order valence-electron chi connectivity index (χ1n) is 11.9. The molecule has 8 nitrogen and oxygen atoms in total. The lowest BCUT2D eigenvalue weighted by Crippen LogP contribution is -2.27. The van der Waals surface area contributed by atoms with Gasteiger partial charge in [-0.25, -0.2) is 18.2 Å². The topological polar surface area (TPSA) is 114 Å². The second-order valence-electron chi connectivity index (χ2n) is 9.81. The van der Waals surface area contributed by atoms with Gasteiger partial charge in [-0.1, -0.05) is 24.3 Å². The van der Waals surface area contributed by atoms with Crippen molar-refractivity contribution in [2.24, 2.45) is 0 Å². The van der Waals surface area contributed by atoms with E-state index in [9.17, 15) is 18.0 Å². The van der Waals surface area contributed by atoms with Crippen LogP contribution in [0.3, 0.4) is 0 Å². The average Bonchev–Trinajstić information content (AvgIpc) is 3.16. The summed E-state index contributed by atoms with van der Waals surface area (Å²) in [6.45, 7) is 6.90. The molecule has 0 aliphatic carbocycles. The average molecular weight is 544 g/mol. The third-order valence-electron chi connectivity index (χ3n) is 5.30. The van der Waals surface area contributed by atoms with E-state index in [0.29, 0.717) is 22.1 Å². The molecule has 0 unspecified atom stereocenters. The van der Waals surface area contributed by atoms with Gasteiger partial charge in [-0.15, -0.1) is 11.3 Å². The fourth-order valence-corrected chi connectivity index (χ4v) is 5.26. The van der Waals surface area contributed by atoms with E-state index >= 15 is 0 Å². The van der Waals surface area contributed by atoms with E-state index < -0.39 is 21.5 Å². The standard InChI is InChI=1S/C27H33N3O5S2/c1-18(31)28-25-30-23(24(36-25)17-11-20-8-14-22(15-9-20)37(5,33)34)16-10-19-6-12-21(13-7-19)29-26(32)35-27(2,3)4/h6-9,12-15H,10-11,16-17H2,1-5H3,(H,29,32)(H,28,30,31). The number of carbonyl (C=O) groups excluding carboxylic acids is 2. The minimum absolute atomic E-state index is 0.170. The van der Waals surface area contributed by atoms with Crippen molar-refractivity contribution in [3.63, 3.8) is 0 Å². The predicted molar refractivity (Wildman–Crippen MR) is 147 cm³/mol. The predicted octanol–water partition coefficient (Wildman–Crippen LogP) is 5.42. The van der Waals surface area contributed by atoms with Gasteiger partial charge in [-0.3, -0.25) is 10.1 Å². The van der Waals surface area contributed by atoms with Crippen LogP contribution in [0.5, 0.6) is 0 Å². The zero-order valence-electron chi connectivity index (χ0n) is 21.8. The Morgan fingerprint density at radius 2 is 1.46 bits per heavy atom. The Morgan fingerprint density at radius 3 is 2.00 bits per heavy atom. The summed E-state index contributed by atoms with van der Waals surface area (Å²) in [5.74, 6) is -0.170. The molecule has 2 amide bonds. The van der Waals surface area contributed by atoms with Gasteiger partial charge in [-0.05, 0) is 81.8 Å². The minimum Gasteiger partial charge on any atom is -0.444 e. The van der Waals surface area contributed by atoms with Crippen molar-refractivity contribution in [3.8, 4) is 0 Å². The van der Waals surface area contributed by atoms with Crippen LogP contribution < -0.4 is 10.6 Å². The zero-order chi connectivity index (χ0) is 27.2. The highest BCUT2D eigenvalue weighted by molar-refractivity contribution is 7.90. The van der Waals surface area contributed by atoms with Crippen molar-refractivity contribution in [3.05, 3.63) is 70.2 Å². The molecule has 2 aromatic carbocycles. The molecular formula is C27H33N3O5S2. The third kappa shape index (κ3) is 9.29. The van der Waals surface area contributed by atoms with Gasteiger partial charge in [0.05, 0.1) is 10.6 Å². The second kappa shape index (κ2) is 11.9. The van der Waals surface area contributed by atoms with Gasteiger partial charge < -0.3 is 10.1 Å². The number of rotatable bonds is 9. The summed E-state index contributed by atoms with van der Waals surface area (Å²) in [7, 11) is -3.23. The van der Waals surface area contributed by atoms with E-state index in [4.69, 9.17) is 4.74 Å². The number of hydrogen-bond acceptors (Lipinski definition) is 7. The molecule has 198 valence electrons. The van der Waals surface area contributed by atoms with Crippen LogP contribution in [0.1, 0.15) is 49.4 Å². The first-order chi connectivity index (χ1) is 17.3. The SMILES string of the molecule is CC(=O)Nc1nc(CCc2ccc(NC(=O)OC(C)(C)C)cc2)c(CCc2ccc(S(C)(=O)=O)cc2)s1. The van der Waals surface area contributed by atoms with Crippen LogP contribution >= 0.6 is 11.3 Å². The number of amides is 2. The van der Waals surface area contributed by atoms with Gasteiger partial charge in [0.15, 0.2) is 15.0 Å². The van der Waals surface area contributed by atoms with Crippen LogP contribution in [0.15, 0.2) is 53.4 Å². The molecule has 3 rings (SSSR count). The van der Waals surface area contributed by atoms with Crippen molar-refractivity contribution in [2.75, 3.05) is 16.9 Å². The summed E-state index contributed by atoms with van der Waals surface area (Å²) in [6.07, 6.45) is 3.58. The second-order valence-corrected chi connectivity index (χ2v) is 12.9. The van der Waals surface area contributed by atoms with Gasteiger partial charge in [-0.2, -0.15) is 0 Å². The number of carbonyl (C=O) groups is 2. The van der Waals surface area contributed by atoms with Crippen LogP contribution in [0.2, 0.25) is 0 Å². The number of ether oxygens (including phenoxy) is 1. The highest BCUT2D eigenvalue weighted by Gasteiger charge is 2.16. The quantitative estimate of drug-likeness (QED) is 0.372. The number of nitrogens with one attached hydrogen (secondary N) is 2. The van der Waals surface area contributed by atoms with E-state index in [1.807, 2.05) is 57.2 Å². The Hall–Kier alpha value is -3.24. The number of aryl methyl sites for hydroxylation is 4. The molecule has 0 atom stereocenters. The Morgan fingerprint density at radius 1 is 0.892 bits per heavy atom. The summed E-state index contributed by atoms with van der Waals surface area (Å²) < 4.78 is 28.7. The molecule has 0 aliphatic rings. The first-order valence-corrected chi connectivity index (χ1v) is 14.6. The molecule has 0 saturated heterocycles. The van der Waals surface area contributed by atoms with Crippen LogP contribution in [0.25, 0.3) is 0 Å². The van der Waals surface area contributed by atoms with E-state index in [1.54, 1.807) is 12.1 Å². The number of sulfone groups is 1. The van der Waals surface area contributed by atoms with Crippen LogP contribution in [0.4, 0.5) is 15.6 Å². The first kappa shape index (κ1) is 28.3. The maximum Gasteiger partial charge on any atom is 0.412 e. The molecule has 3 aromatic rings. The van der Waals surface area contributed by atoms with Gasteiger partial charge in [0, 0.05) is 23.7 Å². The lowest BCUT2D eigenvalue weighted by molar-refractivity contribution is -0.114. The third-order valence-corrected chi connectivity index (χ3v) is 7.50. The Bertz CT molecular complexity index is 1340. The molecule has 1 aromatic heterocycles. The van der Waals surface area contributed by atoms with Crippen molar-refractivity contribution < 1.29 is 22.7 Å². The molecule has 0 aliphatic heterocycles. The van der Waals surface area contributed by atoms with E-state index in [2.05, 4.69) is 15.6 Å². The van der Waals surface area contributed by atoms with E-state index in [-0.39, 0.29) is 5.91 Å². The smallest absolute Gasteiger partial charge is 0.412 e. The van der Waals surface area contributed by atoms with E-state index in [1.165, 1.54) is 24.5 Å². The minimum atomic E-state index is -3.23. The van der Waals surface area contributed by atoms with Crippen LogP contribution in [0, 0.1) is 0 Å². The number of anilines is 2. The Labute approximate surface area is 222 Å². The molecule has 2 N–H and O–H groups in total. The normalized spacial score (nSPS) is 11.7. The van der Waals surface area contributed by atoms with Crippen molar-refractivity contribution in [1.29, 1.82) is 0 Å². The molecule has 0 saturated carbocycles. The summed E-state index contributed by atoms with van der Waals surface area (Å²) in [6, 6.07) is 14.5. The molecule has 0 radical (unpaired) electrons. The summed E-state index contributed by atoms with van der Waals surface area (Å²) in [5, 5.41) is 6.08. The van der Waals surface area contributed by atoms with Crippen molar-refractivity contribution >= 4 is 44.0 Å². The maximum atomic E-state index is 12.0. The number of aromatic nitrogens is 1. The zero-order valence-corrected chi connectivity index (χ0v) is 23.4. The molecular weight excluding hydrogens is 510 g/mol. The van der Waals surface area contributed by atoms with Gasteiger partial charge in [0.25, 0.3) is 0 Å². The van der Waals surface area contributed by atoms with Crippen molar-refractivity contribution in [2.45, 2.75) is 63.9 Å². The van der Waals surface area contributed by atoms with Crippen LogP contribution in [-0.2, 0) is 45.1 Å². The van der Waals surface area contributed by atoms with Gasteiger partial charge in [0.2, 0.25) is 5.91 Å². The molecule has 0 spiro atoms. The monoisotopic (exact) mass is 543 g/mol.